The Labute approximate surface area is 113 Å². The van der Waals surface area contributed by atoms with E-state index in [1.807, 2.05) is 0 Å². The second kappa shape index (κ2) is 3.75. The number of hydrogen-bond acceptors (Lipinski definition) is 1. The Kier molecular flexibility index (Phi) is 2.37. The molecule has 1 aliphatic carbocycles. The van der Waals surface area contributed by atoms with Gasteiger partial charge in [0.25, 0.3) is 0 Å². The van der Waals surface area contributed by atoms with E-state index in [1.54, 1.807) is 6.92 Å². The van der Waals surface area contributed by atoms with Crippen molar-refractivity contribution in [3.8, 4) is 0 Å². The highest BCUT2D eigenvalue weighted by Crippen LogP contribution is 2.65. The van der Waals surface area contributed by atoms with Gasteiger partial charge in [-0.15, -0.1) is 0 Å². The molecule has 1 aromatic rings. The Morgan fingerprint density at radius 1 is 0.950 bits per heavy atom. The molecule has 4 atom stereocenters. The molecule has 2 fully saturated rings. The molecule has 4 rings (SSSR count). The highest BCUT2D eigenvalue weighted by atomic mass is 19.2. The maximum Gasteiger partial charge on any atom is 0.197 e. The molecule has 2 bridgehead atoms. The van der Waals surface area contributed by atoms with Crippen LogP contribution in [0.3, 0.4) is 0 Å². The first kappa shape index (κ1) is 12.6. The van der Waals surface area contributed by atoms with Crippen molar-refractivity contribution < 1.29 is 22.3 Å². The zero-order chi connectivity index (χ0) is 14.2. The summed E-state index contributed by atoms with van der Waals surface area (Å²) in [5.74, 6) is -5.88. The van der Waals surface area contributed by atoms with Crippen LogP contribution in [0.1, 0.15) is 49.8 Å². The Bertz CT molecular complexity index is 615. The van der Waals surface area contributed by atoms with E-state index in [2.05, 4.69) is 0 Å². The number of hydrogen-bond donors (Lipinski definition) is 0. The monoisotopic (exact) mass is 286 g/mol. The maximum absolute atomic E-state index is 14.1. The van der Waals surface area contributed by atoms with Crippen LogP contribution in [0.4, 0.5) is 17.6 Å². The van der Waals surface area contributed by atoms with E-state index < -0.39 is 35.0 Å². The van der Waals surface area contributed by atoms with Crippen LogP contribution in [-0.2, 0) is 10.3 Å². The fraction of sp³-hybridized carbons (Fsp3) is 0.600. The number of fused-ring (bicyclic) bond motifs is 8. The van der Waals surface area contributed by atoms with Crippen molar-refractivity contribution in [2.24, 2.45) is 11.8 Å². The van der Waals surface area contributed by atoms with E-state index in [9.17, 15) is 17.6 Å². The molecule has 108 valence electrons. The summed E-state index contributed by atoms with van der Waals surface area (Å²) in [6.45, 7) is 1.68. The summed E-state index contributed by atoms with van der Waals surface area (Å²) >= 11 is 0. The Morgan fingerprint density at radius 3 is 2.35 bits per heavy atom. The van der Waals surface area contributed by atoms with Gasteiger partial charge in [0.2, 0.25) is 0 Å². The molecule has 20 heavy (non-hydrogen) atoms. The topological polar surface area (TPSA) is 9.23 Å². The Morgan fingerprint density at radius 2 is 1.60 bits per heavy atom. The lowest BCUT2D eigenvalue weighted by molar-refractivity contribution is -0.0302. The quantitative estimate of drug-likeness (QED) is 0.391. The summed E-state index contributed by atoms with van der Waals surface area (Å²) in [5, 5.41) is 0. The van der Waals surface area contributed by atoms with E-state index in [-0.39, 0.29) is 23.0 Å². The maximum atomic E-state index is 14.1. The molecular formula is C15H14F4O. The minimum atomic E-state index is -1.73. The highest BCUT2D eigenvalue weighted by molar-refractivity contribution is 5.45. The fourth-order valence-electron chi connectivity index (χ4n) is 4.56. The third-order valence-electron chi connectivity index (χ3n) is 5.37. The predicted octanol–water partition coefficient (Wildman–Crippen LogP) is 4.35. The zero-order valence-electron chi connectivity index (χ0n) is 11.0. The average molecular weight is 286 g/mol. The lowest BCUT2D eigenvalue weighted by Crippen LogP contribution is -2.36. The number of benzene rings is 1. The van der Waals surface area contributed by atoms with Crippen molar-refractivity contribution in [1.29, 1.82) is 0 Å². The van der Waals surface area contributed by atoms with Gasteiger partial charge in [0.1, 0.15) is 0 Å². The van der Waals surface area contributed by atoms with Crippen LogP contribution >= 0.6 is 0 Å². The minimum absolute atomic E-state index is 0.0625. The standard InChI is InChI=1S/C15H14F4O/c1-15-7-5-3-2-4-6(7)14(20-15)8-9(15)11(17)13(19)12(18)10(8)16/h6-7,14H,2-5H2,1H3. The molecule has 2 aliphatic heterocycles. The van der Waals surface area contributed by atoms with Crippen LogP contribution in [0.2, 0.25) is 0 Å². The average Bonchev–Trinajstić information content (AvgIpc) is 2.92. The summed E-state index contributed by atoms with van der Waals surface area (Å²) in [6.07, 6.45) is 3.11. The molecule has 0 spiro atoms. The molecule has 1 saturated carbocycles. The molecule has 2 heterocycles. The SMILES string of the molecule is CC12OC(c3c(F)c(F)c(F)c(F)c31)C1CCCCC12. The third kappa shape index (κ3) is 1.23. The van der Waals surface area contributed by atoms with E-state index in [1.165, 1.54) is 0 Å². The van der Waals surface area contributed by atoms with Gasteiger partial charge in [0.05, 0.1) is 11.7 Å². The molecule has 4 unspecified atom stereocenters. The van der Waals surface area contributed by atoms with Gasteiger partial charge in [-0.1, -0.05) is 12.8 Å². The second-order valence-electron chi connectivity index (χ2n) is 6.24. The Balaban J connectivity index is 2.00. The summed E-state index contributed by atoms with van der Waals surface area (Å²) in [5.41, 5.74) is -1.21. The predicted molar refractivity (Wildman–Crippen MR) is 62.9 cm³/mol. The summed E-state index contributed by atoms with van der Waals surface area (Å²) in [4.78, 5) is 0. The first-order valence-corrected chi connectivity index (χ1v) is 7.01. The van der Waals surface area contributed by atoms with Gasteiger partial charge in [-0.25, -0.2) is 17.6 Å². The van der Waals surface area contributed by atoms with Gasteiger partial charge in [-0.3, -0.25) is 0 Å². The van der Waals surface area contributed by atoms with Crippen LogP contribution in [0.25, 0.3) is 0 Å². The first-order chi connectivity index (χ1) is 9.47. The van der Waals surface area contributed by atoms with Gasteiger partial charge >= 0.3 is 0 Å². The van der Waals surface area contributed by atoms with Crippen molar-refractivity contribution in [1.82, 2.24) is 0 Å². The summed E-state index contributed by atoms with van der Waals surface area (Å²) in [7, 11) is 0. The van der Waals surface area contributed by atoms with E-state index in [0.717, 1.165) is 25.7 Å². The van der Waals surface area contributed by atoms with Crippen molar-refractivity contribution in [3.05, 3.63) is 34.4 Å². The second-order valence-corrected chi connectivity index (χ2v) is 6.24. The molecule has 0 N–H and O–H groups in total. The number of halogens is 4. The zero-order valence-corrected chi connectivity index (χ0v) is 11.0. The molecular weight excluding hydrogens is 272 g/mol. The van der Waals surface area contributed by atoms with Crippen LogP contribution in [0.15, 0.2) is 0 Å². The van der Waals surface area contributed by atoms with Crippen LogP contribution in [0.5, 0.6) is 0 Å². The van der Waals surface area contributed by atoms with Crippen molar-refractivity contribution >= 4 is 0 Å². The van der Waals surface area contributed by atoms with Crippen LogP contribution < -0.4 is 0 Å². The smallest absolute Gasteiger partial charge is 0.197 e. The lowest BCUT2D eigenvalue weighted by atomic mass is 9.63. The lowest BCUT2D eigenvalue weighted by Gasteiger charge is -2.38. The third-order valence-corrected chi connectivity index (χ3v) is 5.37. The molecule has 1 saturated heterocycles. The Hall–Kier alpha value is -1.10. The largest absolute Gasteiger partial charge is 0.362 e. The van der Waals surface area contributed by atoms with Crippen molar-refractivity contribution in [3.63, 3.8) is 0 Å². The number of ether oxygens (including phenoxy) is 1. The molecule has 0 radical (unpaired) electrons. The van der Waals surface area contributed by atoms with Gasteiger partial charge in [-0.05, 0) is 31.6 Å². The minimum Gasteiger partial charge on any atom is -0.362 e. The van der Waals surface area contributed by atoms with E-state index in [4.69, 9.17) is 4.74 Å². The van der Waals surface area contributed by atoms with Gasteiger partial charge in [-0.2, -0.15) is 0 Å². The fourth-order valence-corrected chi connectivity index (χ4v) is 4.56. The number of rotatable bonds is 0. The van der Waals surface area contributed by atoms with Gasteiger partial charge in [0, 0.05) is 11.1 Å². The molecule has 0 aromatic heterocycles. The molecule has 5 heteroatoms. The first-order valence-electron chi connectivity index (χ1n) is 7.01. The van der Waals surface area contributed by atoms with Crippen LogP contribution in [0, 0.1) is 35.1 Å². The molecule has 1 aromatic carbocycles. The molecule has 0 amide bonds. The van der Waals surface area contributed by atoms with E-state index in [0.29, 0.717) is 0 Å². The molecule has 1 nitrogen and oxygen atoms in total. The highest BCUT2D eigenvalue weighted by Gasteiger charge is 2.62. The van der Waals surface area contributed by atoms with Crippen molar-refractivity contribution in [2.45, 2.75) is 44.3 Å². The molecule has 3 aliphatic rings. The van der Waals surface area contributed by atoms with Crippen LogP contribution in [-0.4, -0.2) is 0 Å². The van der Waals surface area contributed by atoms with Gasteiger partial charge in [0.15, 0.2) is 23.3 Å². The van der Waals surface area contributed by atoms with Gasteiger partial charge < -0.3 is 4.74 Å². The van der Waals surface area contributed by atoms with Crippen molar-refractivity contribution in [2.75, 3.05) is 0 Å². The summed E-state index contributed by atoms with van der Waals surface area (Å²) in [6, 6.07) is 0. The normalized spacial score (nSPS) is 38.0. The summed E-state index contributed by atoms with van der Waals surface area (Å²) < 4.78 is 61.0. The van der Waals surface area contributed by atoms with E-state index >= 15 is 0 Å².